The lowest BCUT2D eigenvalue weighted by Crippen LogP contribution is -2.53. The van der Waals surface area contributed by atoms with Crippen LogP contribution in [0.2, 0.25) is 0 Å². The normalized spacial score (nSPS) is 27.5. The summed E-state index contributed by atoms with van der Waals surface area (Å²) in [6.45, 7) is 2.08. The van der Waals surface area contributed by atoms with Crippen LogP contribution in [0.3, 0.4) is 0 Å². The Balaban J connectivity index is 2.04. The van der Waals surface area contributed by atoms with Gasteiger partial charge in [0.1, 0.15) is 0 Å². The SMILES string of the molecule is CNC(=O)C1CCCN(S(=O)(=O)N2CCC2)C1. The number of carbonyl (C=O) groups excluding carboxylic acids is 1. The van der Waals surface area contributed by atoms with Crippen molar-refractivity contribution in [3.63, 3.8) is 0 Å². The van der Waals surface area contributed by atoms with Crippen molar-refractivity contribution in [1.29, 1.82) is 0 Å². The first-order valence-electron chi connectivity index (χ1n) is 6.02. The second-order valence-electron chi connectivity index (χ2n) is 4.57. The van der Waals surface area contributed by atoms with E-state index in [4.69, 9.17) is 0 Å². The van der Waals surface area contributed by atoms with Gasteiger partial charge in [-0.25, -0.2) is 0 Å². The Labute approximate surface area is 102 Å². The molecule has 6 nitrogen and oxygen atoms in total. The molecule has 0 saturated carbocycles. The largest absolute Gasteiger partial charge is 0.359 e. The lowest BCUT2D eigenvalue weighted by Gasteiger charge is -2.38. The number of piperidine rings is 1. The minimum Gasteiger partial charge on any atom is -0.359 e. The second-order valence-corrected chi connectivity index (χ2v) is 6.50. The highest BCUT2D eigenvalue weighted by Crippen LogP contribution is 2.23. The van der Waals surface area contributed by atoms with Gasteiger partial charge in [-0.05, 0) is 19.3 Å². The average molecular weight is 261 g/mol. The summed E-state index contributed by atoms with van der Waals surface area (Å²) in [6.07, 6.45) is 2.46. The fourth-order valence-corrected chi connectivity index (χ4v) is 4.03. The molecule has 0 aromatic rings. The number of carbonyl (C=O) groups is 1. The van der Waals surface area contributed by atoms with E-state index in [2.05, 4.69) is 5.32 Å². The van der Waals surface area contributed by atoms with Crippen molar-refractivity contribution < 1.29 is 13.2 Å². The molecule has 2 aliphatic rings. The van der Waals surface area contributed by atoms with Crippen molar-refractivity contribution in [3.05, 3.63) is 0 Å². The lowest BCUT2D eigenvalue weighted by atomic mass is 9.99. The summed E-state index contributed by atoms with van der Waals surface area (Å²) in [7, 11) is -1.72. The van der Waals surface area contributed by atoms with Crippen LogP contribution in [0, 0.1) is 5.92 Å². The number of hydrogen-bond donors (Lipinski definition) is 1. The van der Waals surface area contributed by atoms with E-state index in [-0.39, 0.29) is 11.8 Å². The van der Waals surface area contributed by atoms with Gasteiger partial charge < -0.3 is 5.32 Å². The molecule has 0 spiro atoms. The quantitative estimate of drug-likeness (QED) is 0.737. The molecule has 0 aromatic heterocycles. The van der Waals surface area contributed by atoms with E-state index in [0.29, 0.717) is 26.2 Å². The molecule has 2 heterocycles. The van der Waals surface area contributed by atoms with Crippen molar-refractivity contribution in [2.75, 3.05) is 33.2 Å². The number of amides is 1. The van der Waals surface area contributed by atoms with Crippen LogP contribution in [-0.2, 0) is 15.0 Å². The highest BCUT2D eigenvalue weighted by atomic mass is 32.2. The minimum atomic E-state index is -3.31. The number of hydrogen-bond acceptors (Lipinski definition) is 3. The Morgan fingerprint density at radius 2 is 1.82 bits per heavy atom. The van der Waals surface area contributed by atoms with Crippen LogP contribution in [0.25, 0.3) is 0 Å². The van der Waals surface area contributed by atoms with Gasteiger partial charge in [0.15, 0.2) is 0 Å². The lowest BCUT2D eigenvalue weighted by molar-refractivity contribution is -0.125. The third-order valence-corrected chi connectivity index (χ3v) is 5.47. The summed E-state index contributed by atoms with van der Waals surface area (Å²) in [5, 5.41) is 2.59. The minimum absolute atomic E-state index is 0.0616. The maximum atomic E-state index is 12.1. The molecular weight excluding hydrogens is 242 g/mol. The predicted octanol–water partition coefficient (Wildman–Crippen LogP) is -0.605. The number of nitrogens with zero attached hydrogens (tertiary/aromatic N) is 2. The van der Waals surface area contributed by atoms with Gasteiger partial charge in [-0.2, -0.15) is 17.0 Å². The molecule has 0 aliphatic carbocycles. The van der Waals surface area contributed by atoms with Gasteiger partial charge in [-0.3, -0.25) is 4.79 Å². The molecule has 2 aliphatic heterocycles. The van der Waals surface area contributed by atoms with E-state index in [1.54, 1.807) is 7.05 Å². The van der Waals surface area contributed by atoms with Gasteiger partial charge in [-0.15, -0.1) is 0 Å². The molecule has 1 amide bonds. The molecule has 1 N–H and O–H groups in total. The Hall–Kier alpha value is -0.660. The van der Waals surface area contributed by atoms with Crippen LogP contribution in [0.1, 0.15) is 19.3 Å². The summed E-state index contributed by atoms with van der Waals surface area (Å²) in [5.41, 5.74) is 0. The predicted molar refractivity (Wildman–Crippen MR) is 63.5 cm³/mol. The monoisotopic (exact) mass is 261 g/mol. The van der Waals surface area contributed by atoms with Crippen molar-refractivity contribution in [3.8, 4) is 0 Å². The highest BCUT2D eigenvalue weighted by Gasteiger charge is 2.37. The van der Waals surface area contributed by atoms with Gasteiger partial charge in [0.25, 0.3) is 10.2 Å². The Bertz CT molecular complexity index is 392. The number of nitrogens with one attached hydrogen (secondary N) is 1. The third-order valence-electron chi connectivity index (χ3n) is 3.47. The molecule has 2 saturated heterocycles. The number of rotatable bonds is 3. The Morgan fingerprint density at radius 1 is 1.18 bits per heavy atom. The van der Waals surface area contributed by atoms with E-state index in [1.165, 1.54) is 8.61 Å². The van der Waals surface area contributed by atoms with Crippen molar-refractivity contribution in [2.45, 2.75) is 19.3 Å². The Morgan fingerprint density at radius 3 is 2.35 bits per heavy atom. The summed E-state index contributed by atoms with van der Waals surface area (Å²) < 4.78 is 27.2. The van der Waals surface area contributed by atoms with Crippen molar-refractivity contribution >= 4 is 16.1 Å². The molecule has 98 valence electrons. The molecule has 1 unspecified atom stereocenters. The highest BCUT2D eigenvalue weighted by molar-refractivity contribution is 7.86. The molecule has 1 atom stereocenters. The molecule has 2 fully saturated rings. The van der Waals surface area contributed by atoms with Gasteiger partial charge in [-0.1, -0.05) is 0 Å². The van der Waals surface area contributed by atoms with Crippen molar-refractivity contribution in [1.82, 2.24) is 13.9 Å². The van der Waals surface area contributed by atoms with E-state index >= 15 is 0 Å². The zero-order valence-corrected chi connectivity index (χ0v) is 10.9. The molecule has 0 radical (unpaired) electrons. The summed E-state index contributed by atoms with van der Waals surface area (Å²) in [5.74, 6) is -0.265. The van der Waals surface area contributed by atoms with Gasteiger partial charge in [0.05, 0.1) is 5.92 Å². The van der Waals surface area contributed by atoms with Crippen LogP contribution < -0.4 is 5.32 Å². The average Bonchev–Trinajstić information content (AvgIpc) is 2.25. The smallest absolute Gasteiger partial charge is 0.281 e. The van der Waals surface area contributed by atoms with Crippen LogP contribution in [0.5, 0.6) is 0 Å². The zero-order valence-electron chi connectivity index (χ0n) is 10.1. The van der Waals surface area contributed by atoms with Crippen LogP contribution in [0.15, 0.2) is 0 Å². The van der Waals surface area contributed by atoms with Gasteiger partial charge in [0.2, 0.25) is 5.91 Å². The fourth-order valence-electron chi connectivity index (χ4n) is 2.25. The summed E-state index contributed by atoms with van der Waals surface area (Å²) in [6, 6.07) is 0. The fraction of sp³-hybridized carbons (Fsp3) is 0.900. The molecular formula is C10H19N3O3S. The first kappa shape index (κ1) is 12.8. The maximum Gasteiger partial charge on any atom is 0.281 e. The first-order valence-corrected chi connectivity index (χ1v) is 7.42. The maximum absolute atomic E-state index is 12.1. The standard InChI is InChI=1S/C10H19N3O3S/c1-11-10(14)9-4-2-5-13(8-9)17(15,16)12-6-3-7-12/h9H,2-8H2,1H3,(H,11,14). The molecule has 2 rings (SSSR count). The molecule has 17 heavy (non-hydrogen) atoms. The third kappa shape index (κ3) is 2.46. The van der Waals surface area contributed by atoms with Crippen LogP contribution in [-0.4, -0.2) is 56.2 Å². The molecule has 0 aromatic carbocycles. The summed E-state index contributed by atoms with van der Waals surface area (Å²) >= 11 is 0. The zero-order chi connectivity index (χ0) is 12.5. The van der Waals surface area contributed by atoms with Crippen LogP contribution in [0.4, 0.5) is 0 Å². The Kier molecular flexibility index (Phi) is 3.70. The van der Waals surface area contributed by atoms with E-state index in [0.717, 1.165) is 19.3 Å². The van der Waals surface area contributed by atoms with E-state index < -0.39 is 10.2 Å². The van der Waals surface area contributed by atoms with Gasteiger partial charge >= 0.3 is 0 Å². The van der Waals surface area contributed by atoms with Crippen LogP contribution >= 0.6 is 0 Å². The first-order chi connectivity index (χ1) is 8.05. The summed E-state index contributed by atoms with van der Waals surface area (Å²) in [4.78, 5) is 11.5. The van der Waals surface area contributed by atoms with E-state index in [1.807, 2.05) is 0 Å². The molecule has 7 heteroatoms. The van der Waals surface area contributed by atoms with Crippen molar-refractivity contribution in [2.24, 2.45) is 5.92 Å². The second kappa shape index (κ2) is 4.91. The topological polar surface area (TPSA) is 69.7 Å². The molecule has 0 bridgehead atoms. The van der Waals surface area contributed by atoms with E-state index in [9.17, 15) is 13.2 Å². The van der Waals surface area contributed by atoms with Gasteiger partial charge in [0, 0.05) is 33.2 Å².